The fourth-order valence-corrected chi connectivity index (χ4v) is 2.69. The molecule has 0 spiro atoms. The Labute approximate surface area is 99.4 Å². The van der Waals surface area contributed by atoms with Gasteiger partial charge in [-0.25, -0.2) is 0 Å². The van der Waals surface area contributed by atoms with Gasteiger partial charge in [0.2, 0.25) is 0 Å². The van der Waals surface area contributed by atoms with E-state index in [1.54, 1.807) is 11.1 Å². The summed E-state index contributed by atoms with van der Waals surface area (Å²) in [5.74, 6) is 1.49. The van der Waals surface area contributed by atoms with Gasteiger partial charge < -0.3 is 0 Å². The van der Waals surface area contributed by atoms with Crippen molar-refractivity contribution in [3.8, 4) is 0 Å². The van der Waals surface area contributed by atoms with Crippen LogP contribution in [0.15, 0.2) is 30.3 Å². The Morgan fingerprint density at radius 3 is 2.69 bits per heavy atom. The molecule has 0 fully saturated rings. The lowest BCUT2D eigenvalue weighted by Crippen LogP contribution is -2.07. The Balaban J connectivity index is 2.35. The van der Waals surface area contributed by atoms with Crippen molar-refractivity contribution in [1.29, 1.82) is 0 Å². The summed E-state index contributed by atoms with van der Waals surface area (Å²) in [4.78, 5) is 0. The SMILES string of the molecule is CCC1CC=C(CC(C)C)c2ccccc21. The molecule has 0 heteroatoms. The molecule has 1 aromatic rings. The molecular formula is C16H22. The van der Waals surface area contributed by atoms with Gasteiger partial charge in [0, 0.05) is 0 Å². The van der Waals surface area contributed by atoms with Gasteiger partial charge in [-0.15, -0.1) is 0 Å². The molecule has 0 aromatic heterocycles. The zero-order valence-electron chi connectivity index (χ0n) is 10.7. The average molecular weight is 214 g/mol. The fourth-order valence-electron chi connectivity index (χ4n) is 2.69. The van der Waals surface area contributed by atoms with E-state index in [4.69, 9.17) is 0 Å². The summed E-state index contributed by atoms with van der Waals surface area (Å²) in [5.41, 5.74) is 4.65. The van der Waals surface area contributed by atoms with Crippen molar-refractivity contribution in [2.75, 3.05) is 0 Å². The van der Waals surface area contributed by atoms with Crippen LogP contribution in [0.25, 0.3) is 5.57 Å². The Bertz CT molecular complexity index is 385. The van der Waals surface area contributed by atoms with Crippen LogP contribution in [0, 0.1) is 5.92 Å². The molecule has 86 valence electrons. The number of rotatable bonds is 3. The van der Waals surface area contributed by atoms with Gasteiger partial charge in [0.05, 0.1) is 0 Å². The molecule has 2 rings (SSSR count). The molecule has 0 aliphatic heterocycles. The standard InChI is InChI=1S/C16H22/c1-4-13-9-10-14(11-12(2)3)16-8-6-5-7-15(13)16/h5-8,10,12-13H,4,9,11H2,1-3H3. The second-order valence-corrected chi connectivity index (χ2v) is 5.26. The first-order valence-corrected chi connectivity index (χ1v) is 6.50. The minimum atomic E-state index is 0.743. The van der Waals surface area contributed by atoms with Gasteiger partial charge in [-0.1, -0.05) is 51.1 Å². The van der Waals surface area contributed by atoms with E-state index in [1.165, 1.54) is 24.8 Å². The maximum atomic E-state index is 2.47. The van der Waals surface area contributed by atoms with E-state index in [-0.39, 0.29) is 0 Å². The van der Waals surface area contributed by atoms with E-state index in [0.29, 0.717) is 0 Å². The van der Waals surface area contributed by atoms with Crippen molar-refractivity contribution < 1.29 is 0 Å². The molecule has 0 saturated carbocycles. The zero-order chi connectivity index (χ0) is 11.5. The molecule has 1 aliphatic rings. The van der Waals surface area contributed by atoms with Crippen LogP contribution in [-0.2, 0) is 0 Å². The third-order valence-corrected chi connectivity index (χ3v) is 3.52. The van der Waals surface area contributed by atoms with Gasteiger partial charge in [0.15, 0.2) is 0 Å². The summed E-state index contributed by atoms with van der Waals surface area (Å²) in [6.45, 7) is 6.90. The van der Waals surface area contributed by atoms with Crippen molar-refractivity contribution in [2.45, 2.75) is 46.0 Å². The molecule has 16 heavy (non-hydrogen) atoms. The van der Waals surface area contributed by atoms with Gasteiger partial charge in [-0.2, -0.15) is 0 Å². The second kappa shape index (κ2) is 4.86. The second-order valence-electron chi connectivity index (χ2n) is 5.26. The molecular weight excluding hydrogens is 192 g/mol. The normalized spacial score (nSPS) is 19.5. The smallest absolute Gasteiger partial charge is 0.0124 e. The Kier molecular flexibility index (Phi) is 3.48. The molecule has 0 nitrogen and oxygen atoms in total. The van der Waals surface area contributed by atoms with Gasteiger partial charge in [-0.05, 0) is 47.8 Å². The molecule has 1 aromatic carbocycles. The predicted octanol–water partition coefficient (Wildman–Crippen LogP) is 5.01. The molecule has 0 saturated heterocycles. The molecule has 1 unspecified atom stereocenters. The number of hydrogen-bond acceptors (Lipinski definition) is 0. The Morgan fingerprint density at radius 2 is 2.00 bits per heavy atom. The van der Waals surface area contributed by atoms with Crippen molar-refractivity contribution in [3.63, 3.8) is 0 Å². The van der Waals surface area contributed by atoms with E-state index < -0.39 is 0 Å². The fraction of sp³-hybridized carbons (Fsp3) is 0.500. The van der Waals surface area contributed by atoms with Crippen LogP contribution in [0.3, 0.4) is 0 Å². The summed E-state index contributed by atoms with van der Waals surface area (Å²) in [5, 5.41) is 0. The number of benzene rings is 1. The largest absolute Gasteiger partial charge is 0.0801 e. The summed E-state index contributed by atoms with van der Waals surface area (Å²) in [7, 11) is 0. The summed E-state index contributed by atoms with van der Waals surface area (Å²) < 4.78 is 0. The van der Waals surface area contributed by atoms with Gasteiger partial charge in [-0.3, -0.25) is 0 Å². The third-order valence-electron chi connectivity index (χ3n) is 3.52. The van der Waals surface area contributed by atoms with Crippen molar-refractivity contribution in [2.24, 2.45) is 5.92 Å². The quantitative estimate of drug-likeness (QED) is 0.663. The van der Waals surface area contributed by atoms with Crippen LogP contribution < -0.4 is 0 Å². The van der Waals surface area contributed by atoms with E-state index in [0.717, 1.165) is 11.8 Å². The van der Waals surface area contributed by atoms with E-state index >= 15 is 0 Å². The monoisotopic (exact) mass is 214 g/mol. The van der Waals surface area contributed by atoms with Crippen LogP contribution in [0.5, 0.6) is 0 Å². The van der Waals surface area contributed by atoms with Crippen LogP contribution in [0.2, 0.25) is 0 Å². The van der Waals surface area contributed by atoms with Gasteiger partial charge in [0.1, 0.15) is 0 Å². The van der Waals surface area contributed by atoms with Crippen molar-refractivity contribution >= 4 is 5.57 Å². The van der Waals surface area contributed by atoms with Gasteiger partial charge in [0.25, 0.3) is 0 Å². The lowest BCUT2D eigenvalue weighted by atomic mass is 9.79. The van der Waals surface area contributed by atoms with Crippen LogP contribution in [0.1, 0.15) is 57.1 Å². The minimum absolute atomic E-state index is 0.743. The molecule has 0 radical (unpaired) electrons. The highest BCUT2D eigenvalue weighted by Gasteiger charge is 2.19. The Morgan fingerprint density at radius 1 is 1.25 bits per heavy atom. The first-order chi connectivity index (χ1) is 7.72. The summed E-state index contributed by atoms with van der Waals surface area (Å²) >= 11 is 0. The number of hydrogen-bond donors (Lipinski definition) is 0. The zero-order valence-corrected chi connectivity index (χ0v) is 10.7. The van der Waals surface area contributed by atoms with E-state index in [9.17, 15) is 0 Å². The number of fused-ring (bicyclic) bond motifs is 1. The lowest BCUT2D eigenvalue weighted by Gasteiger charge is -2.25. The first-order valence-electron chi connectivity index (χ1n) is 6.50. The highest BCUT2D eigenvalue weighted by molar-refractivity contribution is 5.71. The molecule has 0 bridgehead atoms. The molecule has 1 atom stereocenters. The lowest BCUT2D eigenvalue weighted by molar-refractivity contribution is 0.641. The van der Waals surface area contributed by atoms with Crippen LogP contribution in [-0.4, -0.2) is 0 Å². The molecule has 1 aliphatic carbocycles. The number of allylic oxidation sites excluding steroid dienone is 2. The van der Waals surface area contributed by atoms with E-state index in [1.807, 2.05) is 0 Å². The van der Waals surface area contributed by atoms with Crippen molar-refractivity contribution in [1.82, 2.24) is 0 Å². The van der Waals surface area contributed by atoms with E-state index in [2.05, 4.69) is 51.1 Å². The molecule has 0 N–H and O–H groups in total. The highest BCUT2D eigenvalue weighted by atomic mass is 14.2. The van der Waals surface area contributed by atoms with Crippen LogP contribution in [0.4, 0.5) is 0 Å². The Hall–Kier alpha value is -1.04. The highest BCUT2D eigenvalue weighted by Crippen LogP contribution is 2.38. The van der Waals surface area contributed by atoms with Crippen LogP contribution >= 0.6 is 0 Å². The maximum Gasteiger partial charge on any atom is -0.0124 e. The molecule has 0 heterocycles. The topological polar surface area (TPSA) is 0 Å². The van der Waals surface area contributed by atoms with Crippen molar-refractivity contribution in [3.05, 3.63) is 41.5 Å². The third kappa shape index (κ3) is 2.21. The average Bonchev–Trinajstić information content (AvgIpc) is 2.29. The summed E-state index contributed by atoms with van der Waals surface area (Å²) in [6, 6.07) is 8.97. The maximum absolute atomic E-state index is 2.47. The minimum Gasteiger partial charge on any atom is -0.0801 e. The molecule has 0 amide bonds. The summed E-state index contributed by atoms with van der Waals surface area (Å²) in [6.07, 6.45) is 6.17. The first kappa shape index (κ1) is 11.4. The van der Waals surface area contributed by atoms with Gasteiger partial charge >= 0.3 is 0 Å². The predicted molar refractivity (Wildman–Crippen MR) is 71.5 cm³/mol.